The lowest BCUT2D eigenvalue weighted by Gasteiger charge is -2.15. The van der Waals surface area contributed by atoms with E-state index in [1.807, 2.05) is 6.07 Å². The SMILES string of the molecule is CCC1CCN(CCS(=O)(=O)c2cccc(CN)c2)C1. The van der Waals surface area contributed by atoms with E-state index >= 15 is 0 Å². The minimum absolute atomic E-state index is 0.192. The number of nitrogens with two attached hydrogens (primary N) is 1. The first kappa shape index (κ1) is 15.5. The topological polar surface area (TPSA) is 63.4 Å². The van der Waals surface area contributed by atoms with Crippen molar-refractivity contribution >= 4 is 9.84 Å². The summed E-state index contributed by atoms with van der Waals surface area (Å²) in [4.78, 5) is 2.66. The predicted octanol–water partition coefficient (Wildman–Crippen LogP) is 1.65. The first-order valence-corrected chi connectivity index (χ1v) is 8.94. The highest BCUT2D eigenvalue weighted by Crippen LogP contribution is 2.20. The molecule has 0 aromatic heterocycles. The monoisotopic (exact) mass is 296 g/mol. The lowest BCUT2D eigenvalue weighted by Crippen LogP contribution is -2.27. The fraction of sp³-hybridized carbons (Fsp3) is 0.600. The van der Waals surface area contributed by atoms with Crippen LogP contribution in [-0.2, 0) is 16.4 Å². The van der Waals surface area contributed by atoms with E-state index in [1.54, 1.807) is 18.2 Å². The molecule has 5 heteroatoms. The van der Waals surface area contributed by atoms with E-state index < -0.39 is 9.84 Å². The highest BCUT2D eigenvalue weighted by atomic mass is 32.2. The summed E-state index contributed by atoms with van der Waals surface area (Å²) in [5.74, 6) is 0.926. The maximum atomic E-state index is 12.3. The molecule has 4 nitrogen and oxygen atoms in total. The van der Waals surface area contributed by atoms with Crippen molar-refractivity contribution in [3.05, 3.63) is 29.8 Å². The van der Waals surface area contributed by atoms with Crippen molar-refractivity contribution in [1.82, 2.24) is 4.90 Å². The summed E-state index contributed by atoms with van der Waals surface area (Å²) in [6.45, 7) is 5.26. The third kappa shape index (κ3) is 3.81. The number of benzene rings is 1. The van der Waals surface area contributed by atoms with Gasteiger partial charge in [0.1, 0.15) is 0 Å². The highest BCUT2D eigenvalue weighted by Gasteiger charge is 2.23. The van der Waals surface area contributed by atoms with Crippen LogP contribution in [0, 0.1) is 5.92 Å². The van der Waals surface area contributed by atoms with E-state index in [1.165, 1.54) is 12.8 Å². The van der Waals surface area contributed by atoms with Crippen LogP contribution in [0.5, 0.6) is 0 Å². The van der Waals surface area contributed by atoms with Crippen LogP contribution in [-0.4, -0.2) is 38.7 Å². The molecule has 2 rings (SSSR count). The number of rotatable bonds is 6. The zero-order chi connectivity index (χ0) is 14.6. The normalized spacial score (nSPS) is 20.4. The molecule has 1 aromatic rings. The second kappa shape index (κ2) is 6.70. The van der Waals surface area contributed by atoms with E-state index in [2.05, 4.69) is 11.8 Å². The zero-order valence-corrected chi connectivity index (χ0v) is 12.9. The average molecular weight is 296 g/mol. The second-order valence-corrected chi connectivity index (χ2v) is 7.64. The quantitative estimate of drug-likeness (QED) is 0.867. The molecule has 1 fully saturated rings. The van der Waals surface area contributed by atoms with Gasteiger partial charge in [0.25, 0.3) is 0 Å². The Labute approximate surface area is 121 Å². The Bertz CT molecular complexity index is 543. The smallest absolute Gasteiger partial charge is 0.179 e. The first-order chi connectivity index (χ1) is 9.55. The van der Waals surface area contributed by atoms with Gasteiger partial charge < -0.3 is 10.6 Å². The third-order valence-electron chi connectivity index (χ3n) is 4.12. The fourth-order valence-corrected chi connectivity index (χ4v) is 4.03. The van der Waals surface area contributed by atoms with Gasteiger partial charge in [-0.05, 0) is 36.6 Å². The summed E-state index contributed by atoms with van der Waals surface area (Å²) in [6, 6.07) is 6.96. The van der Waals surface area contributed by atoms with E-state index in [0.29, 0.717) is 18.0 Å². The summed E-state index contributed by atoms with van der Waals surface area (Å²) < 4.78 is 24.7. The largest absolute Gasteiger partial charge is 0.326 e. The zero-order valence-electron chi connectivity index (χ0n) is 12.1. The lowest BCUT2D eigenvalue weighted by atomic mass is 10.1. The maximum absolute atomic E-state index is 12.3. The van der Waals surface area contributed by atoms with Gasteiger partial charge in [0.05, 0.1) is 10.6 Å². The number of sulfone groups is 1. The fourth-order valence-electron chi connectivity index (χ4n) is 2.68. The Hall–Kier alpha value is -0.910. The van der Waals surface area contributed by atoms with E-state index in [-0.39, 0.29) is 5.75 Å². The molecule has 0 amide bonds. The van der Waals surface area contributed by atoms with Gasteiger partial charge in [-0.15, -0.1) is 0 Å². The molecule has 1 saturated heterocycles. The van der Waals surface area contributed by atoms with Gasteiger partial charge in [-0.3, -0.25) is 0 Å². The van der Waals surface area contributed by atoms with Gasteiger partial charge in [-0.25, -0.2) is 8.42 Å². The van der Waals surface area contributed by atoms with Crippen molar-refractivity contribution in [2.75, 3.05) is 25.4 Å². The molecule has 0 spiro atoms. The van der Waals surface area contributed by atoms with Crippen molar-refractivity contribution in [3.63, 3.8) is 0 Å². The Kier molecular flexibility index (Phi) is 5.18. The maximum Gasteiger partial charge on any atom is 0.179 e. The van der Waals surface area contributed by atoms with Crippen LogP contribution >= 0.6 is 0 Å². The molecule has 0 radical (unpaired) electrons. The van der Waals surface area contributed by atoms with E-state index in [0.717, 1.165) is 24.6 Å². The van der Waals surface area contributed by atoms with Crippen molar-refractivity contribution in [1.29, 1.82) is 0 Å². The molecule has 0 aliphatic carbocycles. The summed E-state index contributed by atoms with van der Waals surface area (Å²) in [5.41, 5.74) is 6.42. The van der Waals surface area contributed by atoms with Crippen LogP contribution in [0.3, 0.4) is 0 Å². The molecule has 2 N–H and O–H groups in total. The average Bonchev–Trinajstić information content (AvgIpc) is 2.93. The minimum atomic E-state index is -3.20. The van der Waals surface area contributed by atoms with Crippen molar-refractivity contribution < 1.29 is 8.42 Å². The third-order valence-corrected chi connectivity index (χ3v) is 5.81. The molecular formula is C15H24N2O2S. The molecule has 0 saturated carbocycles. The molecule has 1 heterocycles. The van der Waals surface area contributed by atoms with Gasteiger partial charge in [0.2, 0.25) is 0 Å². The number of likely N-dealkylation sites (tertiary alicyclic amines) is 1. The van der Waals surface area contributed by atoms with Gasteiger partial charge in [0.15, 0.2) is 9.84 Å². The number of hydrogen-bond donors (Lipinski definition) is 1. The second-order valence-electron chi connectivity index (χ2n) is 5.53. The Morgan fingerprint density at radius 2 is 2.20 bits per heavy atom. The van der Waals surface area contributed by atoms with E-state index in [9.17, 15) is 8.42 Å². The standard InChI is InChI=1S/C15H24N2O2S/c1-2-13-6-7-17(12-13)8-9-20(18,19)15-5-3-4-14(10-15)11-16/h3-5,10,13H,2,6-9,11-12,16H2,1H3. The molecule has 1 aromatic carbocycles. The summed E-state index contributed by atoms with van der Waals surface area (Å²) in [5, 5.41) is 0. The molecule has 20 heavy (non-hydrogen) atoms. The molecule has 1 unspecified atom stereocenters. The molecule has 1 aliphatic heterocycles. The van der Waals surface area contributed by atoms with Gasteiger partial charge >= 0.3 is 0 Å². The van der Waals surface area contributed by atoms with Crippen LogP contribution in [0.25, 0.3) is 0 Å². The van der Waals surface area contributed by atoms with Crippen LogP contribution in [0.2, 0.25) is 0 Å². The van der Waals surface area contributed by atoms with Crippen molar-refractivity contribution in [2.45, 2.75) is 31.2 Å². The molecule has 1 aliphatic rings. The summed E-state index contributed by atoms with van der Waals surface area (Å²) >= 11 is 0. The van der Waals surface area contributed by atoms with Crippen LogP contribution < -0.4 is 5.73 Å². The first-order valence-electron chi connectivity index (χ1n) is 7.29. The summed E-state index contributed by atoms with van der Waals surface area (Å²) in [6.07, 6.45) is 2.38. The Balaban J connectivity index is 1.97. The van der Waals surface area contributed by atoms with Crippen molar-refractivity contribution in [3.8, 4) is 0 Å². The minimum Gasteiger partial charge on any atom is -0.326 e. The van der Waals surface area contributed by atoms with Crippen LogP contribution in [0.4, 0.5) is 0 Å². The number of nitrogens with zero attached hydrogens (tertiary/aromatic N) is 1. The van der Waals surface area contributed by atoms with Gasteiger partial charge in [-0.1, -0.05) is 25.5 Å². The van der Waals surface area contributed by atoms with Gasteiger partial charge in [0, 0.05) is 19.6 Å². The molecular weight excluding hydrogens is 272 g/mol. The molecule has 0 bridgehead atoms. The number of hydrogen-bond acceptors (Lipinski definition) is 4. The molecule has 1 atom stereocenters. The van der Waals surface area contributed by atoms with Gasteiger partial charge in [-0.2, -0.15) is 0 Å². The molecule has 112 valence electrons. The Morgan fingerprint density at radius 3 is 2.85 bits per heavy atom. The highest BCUT2D eigenvalue weighted by molar-refractivity contribution is 7.91. The lowest BCUT2D eigenvalue weighted by molar-refractivity contribution is 0.341. The van der Waals surface area contributed by atoms with Crippen LogP contribution in [0.1, 0.15) is 25.3 Å². The van der Waals surface area contributed by atoms with E-state index in [4.69, 9.17) is 5.73 Å². The van der Waals surface area contributed by atoms with Crippen LogP contribution in [0.15, 0.2) is 29.2 Å². The predicted molar refractivity (Wildman–Crippen MR) is 81.2 cm³/mol. The van der Waals surface area contributed by atoms with Crippen molar-refractivity contribution in [2.24, 2.45) is 11.7 Å². The Morgan fingerprint density at radius 1 is 1.40 bits per heavy atom. The summed E-state index contributed by atoms with van der Waals surface area (Å²) in [7, 11) is -3.20.